The molecule has 3 atom stereocenters. The first-order valence-electron chi connectivity index (χ1n) is 24.5. The number of amides is 3. The molecule has 70 heavy (non-hydrogen) atoms. The van der Waals surface area contributed by atoms with E-state index in [0.717, 1.165) is 43.2 Å². The highest BCUT2D eigenvalue weighted by atomic mass is 32.2. The highest BCUT2D eigenvalue weighted by Gasteiger charge is 2.42. The Morgan fingerprint density at radius 2 is 1.33 bits per heavy atom. The Hall–Kier alpha value is -5.47. The predicted octanol–water partition coefficient (Wildman–Crippen LogP) is 6.56. The minimum absolute atomic E-state index is 0.00358. The zero-order valence-electron chi connectivity index (χ0n) is 40.2. The van der Waals surface area contributed by atoms with Crippen molar-refractivity contribution in [1.82, 2.24) is 25.9 Å². The van der Waals surface area contributed by atoms with Gasteiger partial charge in [-0.25, -0.2) is 9.37 Å². The number of unbranched alkanes of at least 4 members (excludes halogenated alkanes) is 1. The molecular formula is C51H70FN7O10S. The number of ketones is 2. The number of nitrogens with zero attached hydrogens (tertiary/aromatic N) is 2. The lowest BCUT2D eigenvalue weighted by atomic mass is 9.94. The molecule has 3 amide bonds. The first-order valence-corrected chi connectivity index (χ1v) is 25.5. The van der Waals surface area contributed by atoms with Crippen LogP contribution in [0.2, 0.25) is 0 Å². The number of halogens is 1. The number of nitrogens with one attached hydrogen (secondary N) is 5. The topological polar surface area (TPSA) is 217 Å². The predicted molar refractivity (Wildman–Crippen MR) is 267 cm³/mol. The number of hydrogen-bond donors (Lipinski definition) is 5. The molecule has 5 rings (SSSR count). The number of benzene rings is 2. The van der Waals surface area contributed by atoms with E-state index in [1.807, 2.05) is 11.8 Å². The molecule has 2 aliphatic rings. The molecule has 2 aliphatic heterocycles. The van der Waals surface area contributed by atoms with E-state index in [1.54, 1.807) is 48.5 Å². The van der Waals surface area contributed by atoms with Crippen LogP contribution in [-0.2, 0) is 49.3 Å². The summed E-state index contributed by atoms with van der Waals surface area (Å²) in [5.41, 5.74) is 2.09. The zero-order valence-corrected chi connectivity index (χ0v) is 41.0. The van der Waals surface area contributed by atoms with Crippen molar-refractivity contribution in [3.63, 3.8) is 0 Å². The summed E-state index contributed by atoms with van der Waals surface area (Å²) in [5.74, 6) is 1.87. The van der Waals surface area contributed by atoms with Crippen molar-refractivity contribution in [3.8, 4) is 5.75 Å². The third kappa shape index (κ3) is 22.1. The Bertz CT molecular complexity index is 2080. The van der Waals surface area contributed by atoms with E-state index in [0.29, 0.717) is 158 Å². The van der Waals surface area contributed by atoms with Crippen LogP contribution in [0.5, 0.6) is 5.75 Å². The van der Waals surface area contributed by atoms with E-state index in [4.69, 9.17) is 23.7 Å². The zero-order chi connectivity index (χ0) is 49.6. The van der Waals surface area contributed by atoms with Gasteiger partial charge in [-0.3, -0.25) is 24.0 Å². The highest BCUT2D eigenvalue weighted by molar-refractivity contribution is 8.00. The van der Waals surface area contributed by atoms with Crippen LogP contribution in [-0.4, -0.2) is 129 Å². The molecule has 3 heterocycles. The summed E-state index contributed by atoms with van der Waals surface area (Å²) in [6.45, 7) is 8.58. The first-order chi connectivity index (χ1) is 34.1. The van der Waals surface area contributed by atoms with Crippen molar-refractivity contribution in [2.45, 2.75) is 94.8 Å². The van der Waals surface area contributed by atoms with Gasteiger partial charge in [0.15, 0.2) is 17.4 Å². The number of hydrogen-bond acceptors (Lipinski definition) is 15. The van der Waals surface area contributed by atoms with E-state index in [-0.39, 0.29) is 47.5 Å². The summed E-state index contributed by atoms with van der Waals surface area (Å²) < 4.78 is 42.6. The fourth-order valence-corrected chi connectivity index (χ4v) is 9.40. The molecule has 0 unspecified atom stereocenters. The summed E-state index contributed by atoms with van der Waals surface area (Å²) in [5, 5.41) is 15.4. The maximum atomic E-state index is 14.5. The van der Waals surface area contributed by atoms with Gasteiger partial charge in [-0.05, 0) is 86.6 Å². The molecule has 0 radical (unpaired) electrons. The SMILES string of the molecule is C=CC(=O)Cc1ccc(Nc2nc(Nc3ccc(OCCOCCCC(=O)CCCC(=O)NCCCOCCOCCOCCCNC(=O)CCCC[C@@H]4SC[C@@H]5NC(=O)C[C@@H]54)cc3)ncc2F)cc1. The van der Waals surface area contributed by atoms with Crippen molar-refractivity contribution in [2.75, 3.05) is 88.9 Å². The summed E-state index contributed by atoms with van der Waals surface area (Å²) >= 11 is 1.96. The Balaban J connectivity index is 0.748. The molecular weight excluding hydrogens is 922 g/mol. The molecule has 0 aliphatic carbocycles. The van der Waals surface area contributed by atoms with Crippen molar-refractivity contribution in [1.29, 1.82) is 0 Å². The smallest absolute Gasteiger partial charge is 0.229 e. The van der Waals surface area contributed by atoms with Gasteiger partial charge < -0.3 is 50.3 Å². The molecule has 1 aromatic heterocycles. The standard InChI is InChI=1S/C51H70FN7O10S/c1-2-40(60)33-37-14-16-38(17-15-37)56-50-44(52)35-55-51(59-50)57-39-18-20-42(21-19-39)69-32-31-65-24-6-10-41(61)9-5-13-48(63)54-23-8-26-67-28-30-68-29-27-66-25-7-22-53-47(62)12-4-3-11-46-43-34-49(64)58-45(43)36-70-46/h2,14-21,35,43,45-46H,1,3-13,22-34,36H2,(H,53,62)(H,54,63)(H,58,64)(H2,55,56,57,59)/t43-,45-,46-/m0/s1. The molecule has 2 saturated heterocycles. The van der Waals surface area contributed by atoms with E-state index < -0.39 is 5.82 Å². The summed E-state index contributed by atoms with van der Waals surface area (Å²) in [6.07, 6.45) is 10.3. The fraction of sp³-hybridized carbons (Fsp3) is 0.549. The first kappa shape index (κ1) is 55.5. The lowest BCUT2D eigenvalue weighted by Crippen LogP contribution is -2.29. The largest absolute Gasteiger partial charge is 0.491 e. The minimum atomic E-state index is -0.620. The molecule has 3 aromatic rings. The van der Waals surface area contributed by atoms with Crippen LogP contribution < -0.4 is 31.3 Å². The van der Waals surface area contributed by atoms with Crippen LogP contribution in [0.1, 0.15) is 82.6 Å². The van der Waals surface area contributed by atoms with E-state index >= 15 is 0 Å². The summed E-state index contributed by atoms with van der Waals surface area (Å²) in [4.78, 5) is 68.1. The van der Waals surface area contributed by atoms with E-state index in [9.17, 15) is 28.4 Å². The summed E-state index contributed by atoms with van der Waals surface area (Å²) in [6, 6.07) is 14.5. The van der Waals surface area contributed by atoms with Gasteiger partial charge in [0, 0.05) is 106 Å². The third-order valence-corrected chi connectivity index (χ3v) is 13.1. The molecule has 382 valence electrons. The van der Waals surface area contributed by atoms with Gasteiger partial charge in [0.1, 0.15) is 18.1 Å². The molecule has 17 nitrogen and oxygen atoms in total. The van der Waals surface area contributed by atoms with Gasteiger partial charge in [-0.1, -0.05) is 25.1 Å². The molecule has 2 aromatic carbocycles. The lowest BCUT2D eigenvalue weighted by molar-refractivity contribution is -0.122. The van der Waals surface area contributed by atoms with Crippen LogP contribution in [0.3, 0.4) is 0 Å². The normalized spacial score (nSPS) is 16.0. The number of Topliss-reactive ketones (excluding diaryl/α,β-unsaturated/α-hetero) is 1. The number of allylic oxidation sites excluding steroid dienone is 1. The number of anilines is 4. The molecule has 0 spiro atoms. The quantitative estimate of drug-likeness (QED) is 0.0304. The van der Waals surface area contributed by atoms with Crippen LogP contribution in [0.4, 0.5) is 27.5 Å². The number of carbonyl (C=O) groups excluding carboxylic acids is 5. The minimum Gasteiger partial charge on any atom is -0.491 e. The van der Waals surface area contributed by atoms with Gasteiger partial charge in [-0.2, -0.15) is 16.7 Å². The molecule has 2 fully saturated rings. The van der Waals surface area contributed by atoms with Crippen molar-refractivity contribution in [3.05, 3.63) is 78.8 Å². The molecule has 0 bridgehead atoms. The summed E-state index contributed by atoms with van der Waals surface area (Å²) in [7, 11) is 0. The maximum Gasteiger partial charge on any atom is 0.229 e. The van der Waals surface area contributed by atoms with Gasteiger partial charge in [-0.15, -0.1) is 0 Å². The molecule has 5 N–H and O–H groups in total. The van der Waals surface area contributed by atoms with E-state index in [1.165, 1.54) is 6.08 Å². The fourth-order valence-electron chi connectivity index (χ4n) is 7.74. The number of fused-ring (bicyclic) bond motifs is 1. The number of aromatic nitrogens is 2. The van der Waals surface area contributed by atoms with E-state index in [2.05, 4.69) is 43.1 Å². The second-order valence-corrected chi connectivity index (χ2v) is 18.3. The second-order valence-electron chi connectivity index (χ2n) is 17.1. The van der Waals surface area contributed by atoms with Crippen LogP contribution in [0.15, 0.2) is 67.4 Å². The van der Waals surface area contributed by atoms with Crippen molar-refractivity contribution < 1.29 is 52.0 Å². The van der Waals surface area contributed by atoms with Gasteiger partial charge >= 0.3 is 0 Å². The Labute approximate surface area is 414 Å². The Kier molecular flexibility index (Phi) is 25.7. The third-order valence-electron chi connectivity index (χ3n) is 11.5. The monoisotopic (exact) mass is 991 g/mol. The number of rotatable bonds is 38. The Morgan fingerprint density at radius 1 is 0.729 bits per heavy atom. The number of thioether (sulfide) groups is 1. The molecule has 19 heteroatoms. The van der Waals surface area contributed by atoms with Crippen LogP contribution in [0.25, 0.3) is 0 Å². The number of carbonyl (C=O) groups is 5. The van der Waals surface area contributed by atoms with Crippen LogP contribution >= 0.6 is 11.8 Å². The Morgan fingerprint density at radius 3 is 2.01 bits per heavy atom. The van der Waals surface area contributed by atoms with Gasteiger partial charge in [0.2, 0.25) is 23.7 Å². The average molecular weight is 992 g/mol. The van der Waals surface area contributed by atoms with Gasteiger partial charge in [0.25, 0.3) is 0 Å². The maximum absolute atomic E-state index is 14.5. The van der Waals surface area contributed by atoms with Crippen molar-refractivity contribution >= 4 is 64.2 Å². The second kappa shape index (κ2) is 32.4. The lowest BCUT2D eigenvalue weighted by Gasteiger charge is -2.15. The molecule has 0 saturated carbocycles. The highest BCUT2D eigenvalue weighted by Crippen LogP contribution is 2.40. The van der Waals surface area contributed by atoms with Gasteiger partial charge in [0.05, 0.1) is 39.2 Å². The van der Waals surface area contributed by atoms with Crippen molar-refractivity contribution in [2.24, 2.45) is 5.92 Å². The average Bonchev–Trinajstić information content (AvgIpc) is 3.92. The van der Waals surface area contributed by atoms with Crippen LogP contribution in [0, 0.1) is 11.7 Å². The number of ether oxygens (including phenoxy) is 5.